The molecular weight excluding hydrogens is 240 g/mol. The fourth-order valence-corrected chi connectivity index (χ4v) is 2.20. The van der Waals surface area contributed by atoms with Crippen LogP contribution >= 0.6 is 0 Å². The van der Waals surface area contributed by atoms with E-state index < -0.39 is 0 Å². The van der Waals surface area contributed by atoms with Gasteiger partial charge in [0.1, 0.15) is 17.3 Å². The zero-order valence-electron chi connectivity index (χ0n) is 11.4. The van der Waals surface area contributed by atoms with Crippen LogP contribution in [0.5, 0.6) is 0 Å². The Morgan fingerprint density at radius 3 is 2.84 bits per heavy atom. The summed E-state index contributed by atoms with van der Waals surface area (Å²) in [6.07, 6.45) is 5.12. The van der Waals surface area contributed by atoms with Crippen LogP contribution in [0.4, 0.5) is 5.82 Å². The number of aromatic nitrogens is 2. The number of nitrogens with zero attached hydrogens (tertiary/aromatic N) is 3. The minimum atomic E-state index is 0.00635. The first-order chi connectivity index (χ1) is 9.20. The van der Waals surface area contributed by atoms with Crippen molar-refractivity contribution < 1.29 is 4.79 Å². The summed E-state index contributed by atoms with van der Waals surface area (Å²) in [5.74, 6) is 1.29. The quantitative estimate of drug-likeness (QED) is 0.841. The van der Waals surface area contributed by atoms with Crippen molar-refractivity contribution in [2.24, 2.45) is 0 Å². The van der Waals surface area contributed by atoms with Gasteiger partial charge in [-0.15, -0.1) is 6.58 Å². The summed E-state index contributed by atoms with van der Waals surface area (Å²) in [4.78, 5) is 22.8. The lowest BCUT2D eigenvalue weighted by Gasteiger charge is -2.26. The molecule has 0 bridgehead atoms. The third kappa shape index (κ3) is 3.53. The molecule has 2 heterocycles. The van der Waals surface area contributed by atoms with Crippen LogP contribution in [-0.4, -0.2) is 40.4 Å². The summed E-state index contributed by atoms with van der Waals surface area (Å²) in [6.45, 7) is 7.73. The highest BCUT2D eigenvalue weighted by molar-refractivity contribution is 5.93. The number of hydrogen-bond acceptors (Lipinski definition) is 4. The van der Waals surface area contributed by atoms with Gasteiger partial charge in [0.2, 0.25) is 0 Å². The Labute approximate surface area is 113 Å². The number of amides is 1. The number of anilines is 1. The number of piperidine rings is 1. The van der Waals surface area contributed by atoms with Crippen molar-refractivity contribution in [3.05, 3.63) is 30.2 Å². The topological polar surface area (TPSA) is 58.1 Å². The molecule has 0 aromatic carbocycles. The van der Waals surface area contributed by atoms with E-state index in [-0.39, 0.29) is 5.91 Å². The fourth-order valence-electron chi connectivity index (χ4n) is 2.20. The summed E-state index contributed by atoms with van der Waals surface area (Å²) in [6, 6.07) is 1.72. The number of likely N-dealkylation sites (tertiary alicyclic amines) is 1. The minimum Gasteiger partial charge on any atom is -0.366 e. The van der Waals surface area contributed by atoms with Crippen LogP contribution in [-0.2, 0) is 0 Å². The first-order valence-corrected chi connectivity index (χ1v) is 6.70. The molecule has 1 fully saturated rings. The van der Waals surface area contributed by atoms with Crippen molar-refractivity contribution in [2.45, 2.75) is 26.2 Å². The molecule has 0 atom stereocenters. The second kappa shape index (κ2) is 6.31. The lowest BCUT2D eigenvalue weighted by atomic mass is 10.1. The number of carbonyl (C=O) groups excluding carboxylic acids is 1. The molecule has 0 spiro atoms. The molecule has 19 heavy (non-hydrogen) atoms. The highest BCUT2D eigenvalue weighted by atomic mass is 16.2. The summed E-state index contributed by atoms with van der Waals surface area (Å²) in [5, 5.41) is 3.09. The number of hydrogen-bond donors (Lipinski definition) is 1. The highest BCUT2D eigenvalue weighted by Gasteiger charge is 2.20. The summed E-state index contributed by atoms with van der Waals surface area (Å²) in [5.41, 5.74) is 0.473. The van der Waals surface area contributed by atoms with E-state index in [1.807, 2.05) is 4.90 Å². The van der Waals surface area contributed by atoms with E-state index in [4.69, 9.17) is 0 Å². The Hall–Kier alpha value is -1.91. The van der Waals surface area contributed by atoms with Crippen LogP contribution in [0.1, 0.15) is 35.6 Å². The van der Waals surface area contributed by atoms with Gasteiger partial charge >= 0.3 is 0 Å². The van der Waals surface area contributed by atoms with Crippen molar-refractivity contribution >= 4 is 11.7 Å². The maximum absolute atomic E-state index is 12.4. The number of nitrogens with one attached hydrogen (secondary N) is 1. The molecule has 1 saturated heterocycles. The van der Waals surface area contributed by atoms with E-state index >= 15 is 0 Å². The normalized spacial score (nSPS) is 15.1. The first kappa shape index (κ1) is 13.5. The lowest BCUT2D eigenvalue weighted by Crippen LogP contribution is -2.36. The van der Waals surface area contributed by atoms with Crippen molar-refractivity contribution in [1.29, 1.82) is 0 Å². The van der Waals surface area contributed by atoms with Crippen LogP contribution in [0, 0.1) is 6.92 Å². The molecule has 2 rings (SSSR count). The van der Waals surface area contributed by atoms with E-state index in [0.29, 0.717) is 23.9 Å². The standard InChI is InChI=1S/C14H20N4O/c1-3-7-15-13-10-12(16-11(2)17-13)14(19)18-8-5-4-6-9-18/h3,10H,1,4-9H2,2H3,(H,15,16,17). The maximum Gasteiger partial charge on any atom is 0.272 e. The Bertz CT molecular complexity index is 467. The number of aryl methyl sites for hydroxylation is 1. The number of rotatable bonds is 4. The van der Waals surface area contributed by atoms with Gasteiger partial charge in [-0.2, -0.15) is 0 Å². The van der Waals surface area contributed by atoms with Gasteiger partial charge in [0, 0.05) is 25.7 Å². The third-order valence-electron chi connectivity index (χ3n) is 3.13. The monoisotopic (exact) mass is 260 g/mol. The molecule has 0 radical (unpaired) electrons. The van der Waals surface area contributed by atoms with Crippen LogP contribution in [0.25, 0.3) is 0 Å². The van der Waals surface area contributed by atoms with Crippen LogP contribution in [0.3, 0.4) is 0 Å². The molecule has 1 aromatic rings. The largest absolute Gasteiger partial charge is 0.366 e. The molecule has 1 aliphatic rings. The molecule has 5 nitrogen and oxygen atoms in total. The smallest absolute Gasteiger partial charge is 0.272 e. The maximum atomic E-state index is 12.4. The van der Waals surface area contributed by atoms with Crippen molar-refractivity contribution in [3.63, 3.8) is 0 Å². The molecule has 5 heteroatoms. The average Bonchev–Trinajstić information content (AvgIpc) is 2.44. The van der Waals surface area contributed by atoms with Crippen molar-refractivity contribution in [1.82, 2.24) is 14.9 Å². The minimum absolute atomic E-state index is 0.00635. The molecular formula is C14H20N4O. The van der Waals surface area contributed by atoms with E-state index in [9.17, 15) is 4.79 Å². The molecule has 1 aliphatic heterocycles. The van der Waals surface area contributed by atoms with Gasteiger partial charge in [-0.05, 0) is 26.2 Å². The average molecular weight is 260 g/mol. The summed E-state index contributed by atoms with van der Waals surface area (Å²) in [7, 11) is 0. The molecule has 0 aliphatic carbocycles. The van der Waals surface area contributed by atoms with Crippen molar-refractivity contribution in [2.75, 3.05) is 25.0 Å². The Balaban J connectivity index is 2.15. The zero-order valence-corrected chi connectivity index (χ0v) is 11.4. The Morgan fingerprint density at radius 2 is 2.16 bits per heavy atom. The van der Waals surface area contributed by atoms with E-state index in [0.717, 1.165) is 25.9 Å². The SMILES string of the molecule is C=CCNc1cc(C(=O)N2CCCCC2)nc(C)n1. The molecule has 1 amide bonds. The van der Waals surface area contributed by atoms with E-state index in [1.54, 1.807) is 19.1 Å². The molecule has 102 valence electrons. The van der Waals surface area contributed by atoms with Gasteiger partial charge < -0.3 is 10.2 Å². The summed E-state index contributed by atoms with van der Waals surface area (Å²) < 4.78 is 0. The third-order valence-corrected chi connectivity index (χ3v) is 3.13. The van der Waals surface area contributed by atoms with E-state index in [2.05, 4.69) is 21.9 Å². The van der Waals surface area contributed by atoms with Gasteiger partial charge in [-0.3, -0.25) is 4.79 Å². The van der Waals surface area contributed by atoms with Crippen LogP contribution in [0.15, 0.2) is 18.7 Å². The zero-order chi connectivity index (χ0) is 13.7. The van der Waals surface area contributed by atoms with Gasteiger partial charge in [-0.25, -0.2) is 9.97 Å². The second-order valence-corrected chi connectivity index (χ2v) is 4.71. The van der Waals surface area contributed by atoms with Gasteiger partial charge in [0.15, 0.2) is 0 Å². The van der Waals surface area contributed by atoms with Crippen molar-refractivity contribution in [3.8, 4) is 0 Å². The Kier molecular flexibility index (Phi) is 4.49. The van der Waals surface area contributed by atoms with Gasteiger partial charge in [0.25, 0.3) is 5.91 Å². The predicted molar refractivity (Wildman–Crippen MR) is 75.2 cm³/mol. The second-order valence-electron chi connectivity index (χ2n) is 4.71. The lowest BCUT2D eigenvalue weighted by molar-refractivity contribution is 0.0718. The highest BCUT2D eigenvalue weighted by Crippen LogP contribution is 2.14. The van der Waals surface area contributed by atoms with E-state index in [1.165, 1.54) is 6.42 Å². The predicted octanol–water partition coefficient (Wildman–Crippen LogP) is 2.01. The molecule has 0 unspecified atom stereocenters. The van der Waals surface area contributed by atoms with Crippen LogP contribution < -0.4 is 5.32 Å². The van der Waals surface area contributed by atoms with Crippen LogP contribution in [0.2, 0.25) is 0 Å². The fraction of sp³-hybridized carbons (Fsp3) is 0.500. The number of carbonyl (C=O) groups is 1. The Morgan fingerprint density at radius 1 is 1.42 bits per heavy atom. The molecule has 1 aromatic heterocycles. The van der Waals surface area contributed by atoms with Gasteiger partial charge in [0.05, 0.1) is 0 Å². The first-order valence-electron chi connectivity index (χ1n) is 6.70. The molecule has 0 saturated carbocycles. The molecule has 1 N–H and O–H groups in total. The summed E-state index contributed by atoms with van der Waals surface area (Å²) >= 11 is 0. The van der Waals surface area contributed by atoms with Gasteiger partial charge in [-0.1, -0.05) is 6.08 Å².